The Kier molecular flexibility index (Phi) is 7.11. The number of hydrogen-bond donors (Lipinski definition) is 3. The summed E-state index contributed by atoms with van der Waals surface area (Å²) in [4.78, 5) is 12.3. The van der Waals surface area contributed by atoms with Gasteiger partial charge >= 0.3 is 0 Å². The first-order valence-corrected chi connectivity index (χ1v) is 9.92. The molecule has 0 radical (unpaired) electrons. The van der Waals surface area contributed by atoms with Crippen LogP contribution in [-0.4, -0.2) is 33.6 Å². The summed E-state index contributed by atoms with van der Waals surface area (Å²) < 4.78 is 38.6. The Labute approximate surface area is 169 Å². The molecule has 0 bridgehead atoms. The number of carbonyl (C=O) groups is 1. The number of sulfonamides is 1. The number of rotatable bonds is 5. The third-order valence-corrected chi connectivity index (χ3v) is 5.51. The van der Waals surface area contributed by atoms with Crippen molar-refractivity contribution in [3.8, 4) is 11.5 Å². The van der Waals surface area contributed by atoms with E-state index in [0.29, 0.717) is 36.1 Å². The van der Waals surface area contributed by atoms with Crippen LogP contribution in [0.25, 0.3) is 0 Å². The Hall–Kier alpha value is -2.49. The molecular weight excluding hydrogens is 406 g/mol. The highest BCUT2D eigenvalue weighted by Gasteiger charge is 2.24. The van der Waals surface area contributed by atoms with Crippen molar-refractivity contribution in [3.63, 3.8) is 0 Å². The van der Waals surface area contributed by atoms with Gasteiger partial charge in [-0.2, -0.15) is 4.72 Å². The maximum atomic E-state index is 12.6. The maximum Gasteiger partial charge on any atom is 0.242 e. The lowest BCUT2D eigenvalue weighted by Gasteiger charge is -2.16. The summed E-state index contributed by atoms with van der Waals surface area (Å²) in [6.07, 6.45) is 0.717. The van der Waals surface area contributed by atoms with Crippen LogP contribution in [0.4, 0.5) is 11.4 Å². The minimum Gasteiger partial charge on any atom is -0.490 e. The fourth-order valence-corrected chi connectivity index (χ4v) is 3.73. The van der Waals surface area contributed by atoms with Crippen LogP contribution in [0.5, 0.6) is 11.5 Å². The lowest BCUT2D eigenvalue weighted by Crippen LogP contribution is -2.41. The maximum absolute atomic E-state index is 12.6. The number of nitrogens with two attached hydrogens (primary N) is 1. The zero-order chi connectivity index (χ0) is 19.4. The number of nitrogens with one attached hydrogen (secondary N) is 2. The third kappa shape index (κ3) is 5.06. The molecule has 1 amide bonds. The normalized spacial score (nSPS) is 14.3. The molecule has 0 fully saturated rings. The summed E-state index contributed by atoms with van der Waals surface area (Å²) in [6.45, 7) is 2.41. The number of fused-ring (bicyclic) bond motifs is 1. The number of nitrogen functional groups attached to an aromatic ring is 1. The Morgan fingerprint density at radius 1 is 1.11 bits per heavy atom. The topological polar surface area (TPSA) is 120 Å². The summed E-state index contributed by atoms with van der Waals surface area (Å²) in [6, 6.07) is 10.1. The van der Waals surface area contributed by atoms with Crippen LogP contribution in [0.2, 0.25) is 0 Å². The molecule has 0 saturated carbocycles. The van der Waals surface area contributed by atoms with Crippen molar-refractivity contribution in [2.45, 2.75) is 24.3 Å². The SMILES string of the molecule is CC(NS(=O)(=O)c1ccc2c(c1)OCCCO2)C(=O)Nc1ccccc1N.Cl. The summed E-state index contributed by atoms with van der Waals surface area (Å²) in [5.74, 6) is 0.340. The van der Waals surface area contributed by atoms with E-state index in [-0.39, 0.29) is 17.3 Å². The van der Waals surface area contributed by atoms with Crippen molar-refractivity contribution in [1.82, 2.24) is 4.72 Å². The van der Waals surface area contributed by atoms with Crippen molar-refractivity contribution in [3.05, 3.63) is 42.5 Å². The second kappa shape index (κ2) is 9.13. The Bertz CT molecular complexity index is 952. The van der Waals surface area contributed by atoms with Gasteiger partial charge in [0.15, 0.2) is 11.5 Å². The highest BCUT2D eigenvalue weighted by Crippen LogP contribution is 2.31. The first kappa shape index (κ1) is 21.8. The molecule has 0 aliphatic carbocycles. The first-order chi connectivity index (χ1) is 12.9. The fraction of sp³-hybridized carbons (Fsp3) is 0.278. The van der Waals surface area contributed by atoms with Crippen LogP contribution in [0.1, 0.15) is 13.3 Å². The highest BCUT2D eigenvalue weighted by molar-refractivity contribution is 7.89. The quantitative estimate of drug-likeness (QED) is 0.629. The Balaban J connectivity index is 0.00000280. The van der Waals surface area contributed by atoms with Crippen LogP contribution < -0.4 is 25.2 Å². The molecule has 4 N–H and O–H groups in total. The predicted octanol–water partition coefficient (Wildman–Crippen LogP) is 2.16. The van der Waals surface area contributed by atoms with E-state index in [1.165, 1.54) is 19.1 Å². The number of para-hydroxylation sites is 2. The van der Waals surface area contributed by atoms with Crippen LogP contribution in [0, 0.1) is 0 Å². The number of halogens is 1. The number of hydrogen-bond acceptors (Lipinski definition) is 6. The molecule has 0 saturated heterocycles. The van der Waals surface area contributed by atoms with Gasteiger partial charge in [-0.05, 0) is 31.2 Å². The van der Waals surface area contributed by atoms with Crippen molar-refractivity contribution >= 4 is 39.7 Å². The Morgan fingerprint density at radius 2 is 1.79 bits per heavy atom. The van der Waals surface area contributed by atoms with Crippen LogP contribution in [0.3, 0.4) is 0 Å². The number of anilines is 2. The van der Waals surface area contributed by atoms with Gasteiger partial charge in [0.25, 0.3) is 0 Å². The largest absolute Gasteiger partial charge is 0.490 e. The van der Waals surface area contributed by atoms with Gasteiger partial charge in [0.2, 0.25) is 15.9 Å². The van der Waals surface area contributed by atoms with Gasteiger partial charge < -0.3 is 20.5 Å². The van der Waals surface area contributed by atoms with Crippen molar-refractivity contribution in [2.24, 2.45) is 0 Å². The molecule has 152 valence electrons. The average molecular weight is 428 g/mol. The monoisotopic (exact) mass is 427 g/mol. The molecule has 1 aliphatic heterocycles. The van der Waals surface area contributed by atoms with Gasteiger partial charge in [-0.15, -0.1) is 12.4 Å². The minimum absolute atomic E-state index is 0. The molecule has 0 aromatic heterocycles. The van der Waals surface area contributed by atoms with E-state index >= 15 is 0 Å². The minimum atomic E-state index is -3.93. The zero-order valence-corrected chi connectivity index (χ0v) is 16.8. The summed E-state index contributed by atoms with van der Waals surface area (Å²) >= 11 is 0. The molecule has 1 aliphatic rings. The van der Waals surface area contributed by atoms with Crippen LogP contribution >= 0.6 is 12.4 Å². The van der Waals surface area contributed by atoms with Gasteiger partial charge in [-0.25, -0.2) is 8.42 Å². The van der Waals surface area contributed by atoms with E-state index in [4.69, 9.17) is 15.2 Å². The number of benzene rings is 2. The lowest BCUT2D eigenvalue weighted by atomic mass is 10.2. The van der Waals surface area contributed by atoms with E-state index in [1.54, 1.807) is 30.3 Å². The van der Waals surface area contributed by atoms with E-state index in [2.05, 4.69) is 10.0 Å². The molecule has 1 unspecified atom stereocenters. The number of ether oxygens (including phenoxy) is 2. The highest BCUT2D eigenvalue weighted by atomic mass is 35.5. The van der Waals surface area contributed by atoms with Gasteiger partial charge in [-0.1, -0.05) is 12.1 Å². The molecule has 3 rings (SSSR count). The van der Waals surface area contributed by atoms with E-state index < -0.39 is 22.0 Å². The molecule has 10 heteroatoms. The first-order valence-electron chi connectivity index (χ1n) is 8.44. The van der Waals surface area contributed by atoms with E-state index in [9.17, 15) is 13.2 Å². The molecule has 28 heavy (non-hydrogen) atoms. The second-order valence-corrected chi connectivity index (χ2v) is 7.79. The molecular formula is C18H22ClN3O5S. The van der Waals surface area contributed by atoms with Gasteiger partial charge in [0.05, 0.1) is 35.5 Å². The molecule has 8 nitrogen and oxygen atoms in total. The van der Waals surface area contributed by atoms with Gasteiger partial charge in [0.1, 0.15) is 0 Å². The number of carbonyl (C=O) groups excluding carboxylic acids is 1. The molecule has 2 aromatic carbocycles. The summed E-state index contributed by atoms with van der Waals surface area (Å²) in [7, 11) is -3.93. The van der Waals surface area contributed by atoms with Crippen molar-refractivity contribution in [2.75, 3.05) is 24.3 Å². The molecule has 0 spiro atoms. The average Bonchev–Trinajstić information content (AvgIpc) is 2.88. The summed E-state index contributed by atoms with van der Waals surface area (Å²) in [5, 5.41) is 2.61. The van der Waals surface area contributed by atoms with Gasteiger partial charge in [0, 0.05) is 12.5 Å². The standard InChI is InChI=1S/C18H21N3O5S.ClH/c1-12(18(22)20-15-6-3-2-5-14(15)19)21-27(23,24)13-7-8-16-17(11-13)26-10-4-9-25-16;/h2-3,5-8,11-12,21H,4,9-10,19H2,1H3,(H,20,22);1H. The van der Waals surface area contributed by atoms with Crippen LogP contribution in [-0.2, 0) is 14.8 Å². The van der Waals surface area contributed by atoms with Crippen molar-refractivity contribution in [1.29, 1.82) is 0 Å². The third-order valence-electron chi connectivity index (χ3n) is 3.97. The summed E-state index contributed by atoms with van der Waals surface area (Å²) in [5.41, 5.74) is 6.60. The van der Waals surface area contributed by atoms with Gasteiger partial charge in [-0.3, -0.25) is 4.79 Å². The lowest BCUT2D eigenvalue weighted by molar-refractivity contribution is -0.117. The van der Waals surface area contributed by atoms with E-state index in [0.717, 1.165) is 6.42 Å². The number of amides is 1. The van der Waals surface area contributed by atoms with Crippen molar-refractivity contribution < 1.29 is 22.7 Å². The zero-order valence-electron chi connectivity index (χ0n) is 15.2. The van der Waals surface area contributed by atoms with E-state index in [1.807, 2.05) is 0 Å². The smallest absolute Gasteiger partial charge is 0.242 e. The fourth-order valence-electron chi connectivity index (χ4n) is 2.52. The molecule has 1 heterocycles. The molecule has 1 atom stereocenters. The Morgan fingerprint density at radius 3 is 2.50 bits per heavy atom. The van der Waals surface area contributed by atoms with Crippen LogP contribution in [0.15, 0.2) is 47.4 Å². The molecule has 2 aromatic rings. The second-order valence-electron chi connectivity index (χ2n) is 6.08. The predicted molar refractivity (Wildman–Crippen MR) is 109 cm³/mol.